The lowest BCUT2D eigenvalue weighted by Gasteiger charge is -2.13. The lowest BCUT2D eigenvalue weighted by Crippen LogP contribution is -2.04. The van der Waals surface area contributed by atoms with Gasteiger partial charge >= 0.3 is 0 Å². The summed E-state index contributed by atoms with van der Waals surface area (Å²) in [5, 5.41) is 0. The zero-order chi connectivity index (χ0) is 8.58. The van der Waals surface area contributed by atoms with E-state index in [0.29, 0.717) is 0 Å². The van der Waals surface area contributed by atoms with Crippen LogP contribution in [0, 0.1) is 35.5 Å². The van der Waals surface area contributed by atoms with E-state index in [1.165, 1.54) is 37.0 Å². The van der Waals surface area contributed by atoms with Gasteiger partial charge in [-0.2, -0.15) is 0 Å². The highest BCUT2D eigenvalue weighted by Crippen LogP contribution is 2.80. The van der Waals surface area contributed by atoms with Gasteiger partial charge in [-0.25, -0.2) is 0 Å². The van der Waals surface area contributed by atoms with Gasteiger partial charge in [-0.05, 0) is 54.8 Å². The van der Waals surface area contributed by atoms with E-state index in [-0.39, 0.29) is 0 Å². The number of hydrogen-bond acceptors (Lipinski definition) is 0. The summed E-state index contributed by atoms with van der Waals surface area (Å²) in [6.45, 7) is 2.31. The van der Waals surface area contributed by atoms with Gasteiger partial charge in [-0.3, -0.25) is 0 Å². The molecule has 6 atom stereocenters. The molecule has 0 amide bonds. The topological polar surface area (TPSA) is 0 Å². The Bertz CT molecular complexity index is 288. The number of allylic oxidation sites excluding steroid dienone is 2. The summed E-state index contributed by atoms with van der Waals surface area (Å²) in [6, 6.07) is 0. The molecule has 0 heteroatoms. The molecule has 0 aromatic carbocycles. The van der Waals surface area contributed by atoms with Crippen molar-refractivity contribution in [1.29, 1.82) is 0 Å². The van der Waals surface area contributed by atoms with E-state index in [9.17, 15) is 0 Å². The molecule has 0 radical (unpaired) electrons. The first-order chi connectivity index (χ1) is 6.42. The Morgan fingerprint density at radius 3 is 2.85 bits per heavy atom. The first kappa shape index (κ1) is 7.09. The van der Waals surface area contributed by atoms with Gasteiger partial charge in [0.05, 0.1) is 0 Å². The molecule has 5 aliphatic rings. The van der Waals surface area contributed by atoms with E-state index in [2.05, 4.69) is 13.0 Å². The van der Waals surface area contributed by atoms with Crippen molar-refractivity contribution in [2.45, 2.75) is 32.6 Å². The van der Waals surface area contributed by atoms with E-state index < -0.39 is 0 Å². The van der Waals surface area contributed by atoms with Crippen LogP contribution < -0.4 is 0 Å². The maximum atomic E-state index is 2.69. The van der Waals surface area contributed by atoms with Crippen molar-refractivity contribution in [2.75, 3.05) is 0 Å². The molecule has 0 saturated heterocycles. The van der Waals surface area contributed by atoms with Crippen molar-refractivity contribution in [3.8, 4) is 0 Å². The highest BCUT2D eigenvalue weighted by Gasteiger charge is 2.75. The standard InChI is InChI=1S/C13H18/c1-2-3-4-7-5-8-9-6-10-12(8)13(10)11(7)9/h5,8-13H,2-4,6H2,1H3/t8-,9-,10+,11+,12?,13?/m0/s1. The second-order valence-electron chi connectivity index (χ2n) is 5.67. The minimum Gasteiger partial charge on any atom is -0.0813 e. The summed E-state index contributed by atoms with van der Waals surface area (Å²) < 4.78 is 0. The third kappa shape index (κ3) is 0.639. The van der Waals surface area contributed by atoms with Crippen LogP contribution in [0.15, 0.2) is 11.6 Å². The lowest BCUT2D eigenvalue weighted by atomic mass is 9.91. The molecular weight excluding hydrogens is 156 g/mol. The monoisotopic (exact) mass is 174 g/mol. The van der Waals surface area contributed by atoms with Crippen molar-refractivity contribution in [1.82, 2.24) is 0 Å². The Hall–Kier alpha value is -0.260. The van der Waals surface area contributed by atoms with Crippen LogP contribution in [0.5, 0.6) is 0 Å². The quantitative estimate of drug-likeness (QED) is 0.576. The van der Waals surface area contributed by atoms with Crippen LogP contribution >= 0.6 is 0 Å². The zero-order valence-corrected chi connectivity index (χ0v) is 8.37. The van der Waals surface area contributed by atoms with Crippen LogP contribution in [0.3, 0.4) is 0 Å². The predicted octanol–water partition coefficient (Wildman–Crippen LogP) is 3.24. The van der Waals surface area contributed by atoms with Crippen LogP contribution in [-0.2, 0) is 0 Å². The summed E-state index contributed by atoms with van der Waals surface area (Å²) in [4.78, 5) is 0. The normalized spacial score (nSPS) is 58.7. The van der Waals surface area contributed by atoms with E-state index in [0.717, 1.165) is 17.8 Å². The molecule has 0 aromatic heterocycles. The summed E-state index contributed by atoms with van der Waals surface area (Å²) in [5.41, 5.74) is 1.89. The molecule has 4 fully saturated rings. The van der Waals surface area contributed by atoms with Crippen LogP contribution in [0.2, 0.25) is 0 Å². The maximum absolute atomic E-state index is 2.69. The zero-order valence-electron chi connectivity index (χ0n) is 8.37. The van der Waals surface area contributed by atoms with E-state index in [1.807, 2.05) is 5.57 Å². The van der Waals surface area contributed by atoms with Gasteiger partial charge in [0.25, 0.3) is 0 Å². The summed E-state index contributed by atoms with van der Waals surface area (Å²) in [7, 11) is 0. The second kappa shape index (κ2) is 2.04. The van der Waals surface area contributed by atoms with E-state index >= 15 is 0 Å². The Morgan fingerprint density at radius 1 is 1.31 bits per heavy atom. The first-order valence-electron chi connectivity index (χ1n) is 6.12. The molecule has 5 rings (SSSR count). The highest BCUT2D eigenvalue weighted by molar-refractivity contribution is 5.37. The van der Waals surface area contributed by atoms with Gasteiger partial charge in [-0.1, -0.05) is 25.0 Å². The van der Waals surface area contributed by atoms with Crippen LogP contribution in [0.4, 0.5) is 0 Å². The summed E-state index contributed by atoms with van der Waals surface area (Å²) in [5.74, 6) is 6.92. The number of unbranched alkanes of at least 4 members (excludes halogenated alkanes) is 1. The third-order valence-corrected chi connectivity index (χ3v) is 5.31. The molecule has 70 valence electrons. The van der Waals surface area contributed by atoms with Crippen molar-refractivity contribution in [3.63, 3.8) is 0 Å². The second-order valence-corrected chi connectivity index (χ2v) is 5.67. The minimum atomic E-state index is 1.08. The Balaban J connectivity index is 1.60. The molecule has 0 heterocycles. The van der Waals surface area contributed by atoms with Gasteiger partial charge in [0.2, 0.25) is 0 Å². The average molecular weight is 174 g/mol. The molecule has 0 aliphatic heterocycles. The lowest BCUT2D eigenvalue weighted by molar-refractivity contribution is 0.452. The first-order valence-corrected chi connectivity index (χ1v) is 6.12. The fourth-order valence-corrected chi connectivity index (χ4v) is 4.96. The minimum absolute atomic E-state index is 1.08. The Labute approximate surface area is 80.4 Å². The van der Waals surface area contributed by atoms with Gasteiger partial charge in [-0.15, -0.1) is 0 Å². The van der Waals surface area contributed by atoms with Crippen LogP contribution in [0.25, 0.3) is 0 Å². The molecule has 4 saturated carbocycles. The molecule has 13 heavy (non-hydrogen) atoms. The molecule has 6 bridgehead atoms. The van der Waals surface area contributed by atoms with Crippen molar-refractivity contribution < 1.29 is 0 Å². The van der Waals surface area contributed by atoms with Crippen LogP contribution in [-0.4, -0.2) is 0 Å². The Morgan fingerprint density at radius 2 is 2.23 bits per heavy atom. The molecule has 0 nitrogen and oxygen atoms in total. The maximum Gasteiger partial charge on any atom is -0.0135 e. The fraction of sp³-hybridized carbons (Fsp3) is 0.846. The summed E-state index contributed by atoms with van der Waals surface area (Å²) in [6.07, 6.45) is 8.54. The highest BCUT2D eigenvalue weighted by atomic mass is 14.8. The van der Waals surface area contributed by atoms with E-state index in [1.54, 1.807) is 6.42 Å². The largest absolute Gasteiger partial charge is 0.0813 e. The van der Waals surface area contributed by atoms with Gasteiger partial charge < -0.3 is 0 Å². The summed E-state index contributed by atoms with van der Waals surface area (Å²) >= 11 is 0. The van der Waals surface area contributed by atoms with Gasteiger partial charge in [0.15, 0.2) is 0 Å². The smallest absolute Gasteiger partial charge is 0.0135 e. The fourth-order valence-electron chi connectivity index (χ4n) is 4.96. The predicted molar refractivity (Wildman–Crippen MR) is 53.2 cm³/mol. The van der Waals surface area contributed by atoms with Gasteiger partial charge in [0, 0.05) is 0 Å². The van der Waals surface area contributed by atoms with Crippen molar-refractivity contribution in [2.24, 2.45) is 35.5 Å². The molecule has 5 aliphatic carbocycles. The van der Waals surface area contributed by atoms with Crippen molar-refractivity contribution >= 4 is 0 Å². The van der Waals surface area contributed by atoms with Gasteiger partial charge in [0.1, 0.15) is 0 Å². The van der Waals surface area contributed by atoms with Crippen molar-refractivity contribution in [3.05, 3.63) is 11.6 Å². The number of rotatable bonds is 3. The van der Waals surface area contributed by atoms with Crippen LogP contribution in [0.1, 0.15) is 32.6 Å². The SMILES string of the molecule is CCCCC1=C[C@@H]2C3C4[C@@H]3C[C@@H]2[C@@H]14. The Kier molecular flexibility index (Phi) is 1.11. The molecule has 0 spiro atoms. The molecule has 2 unspecified atom stereocenters. The number of hydrogen-bond donors (Lipinski definition) is 0. The third-order valence-electron chi connectivity index (χ3n) is 5.31. The molecule has 0 aromatic rings. The molecular formula is C13H18. The molecule has 0 N–H and O–H groups in total. The van der Waals surface area contributed by atoms with E-state index in [4.69, 9.17) is 0 Å². The average Bonchev–Trinajstić information content (AvgIpc) is 2.57.